The second-order valence-electron chi connectivity index (χ2n) is 5.82. The zero-order valence-electron chi connectivity index (χ0n) is 12.2. The van der Waals surface area contributed by atoms with Gasteiger partial charge in [0.1, 0.15) is 0 Å². The molecule has 0 aliphatic carbocycles. The molecule has 108 valence electrons. The standard InChI is InChI=1S/C15H25BrN2S/c1-11(2)14(18-7-4-5-8-18)10-17-12(3)15-13(16)6-9-19-15/h6,9,11-12,14,17H,4-5,7-8,10H2,1-3H3. The molecular formula is C15H25BrN2S. The Labute approximate surface area is 129 Å². The van der Waals surface area contributed by atoms with E-state index in [1.54, 1.807) is 0 Å². The summed E-state index contributed by atoms with van der Waals surface area (Å²) in [7, 11) is 0. The van der Waals surface area contributed by atoms with Crippen LogP contribution in [0.4, 0.5) is 0 Å². The van der Waals surface area contributed by atoms with Crippen molar-refractivity contribution < 1.29 is 0 Å². The molecule has 1 aromatic heterocycles. The van der Waals surface area contributed by atoms with Crippen LogP contribution in [-0.2, 0) is 0 Å². The van der Waals surface area contributed by atoms with Crippen LogP contribution in [0.3, 0.4) is 0 Å². The number of thiophene rings is 1. The van der Waals surface area contributed by atoms with E-state index >= 15 is 0 Å². The van der Waals surface area contributed by atoms with E-state index in [1.807, 2.05) is 11.3 Å². The van der Waals surface area contributed by atoms with Gasteiger partial charge in [0.2, 0.25) is 0 Å². The summed E-state index contributed by atoms with van der Waals surface area (Å²) in [6, 6.07) is 3.24. The van der Waals surface area contributed by atoms with Crippen molar-refractivity contribution in [1.82, 2.24) is 10.2 Å². The highest BCUT2D eigenvalue weighted by Gasteiger charge is 2.25. The van der Waals surface area contributed by atoms with Crippen LogP contribution >= 0.6 is 27.3 Å². The van der Waals surface area contributed by atoms with Crippen molar-refractivity contribution in [1.29, 1.82) is 0 Å². The van der Waals surface area contributed by atoms with E-state index in [4.69, 9.17) is 0 Å². The molecule has 1 aliphatic rings. The molecule has 0 radical (unpaired) electrons. The van der Waals surface area contributed by atoms with Crippen molar-refractivity contribution in [3.8, 4) is 0 Å². The predicted molar refractivity (Wildman–Crippen MR) is 87.9 cm³/mol. The van der Waals surface area contributed by atoms with Crippen LogP contribution in [-0.4, -0.2) is 30.6 Å². The number of halogens is 1. The Morgan fingerprint density at radius 2 is 2.00 bits per heavy atom. The van der Waals surface area contributed by atoms with E-state index < -0.39 is 0 Å². The minimum Gasteiger partial charge on any atom is -0.308 e. The number of nitrogens with one attached hydrogen (secondary N) is 1. The summed E-state index contributed by atoms with van der Waals surface area (Å²) in [5, 5.41) is 5.87. The predicted octanol–water partition coefficient (Wildman–Crippen LogP) is 4.28. The maximum atomic E-state index is 3.72. The van der Waals surface area contributed by atoms with Gasteiger partial charge in [-0.25, -0.2) is 0 Å². The van der Waals surface area contributed by atoms with Crippen molar-refractivity contribution in [2.24, 2.45) is 5.92 Å². The zero-order valence-corrected chi connectivity index (χ0v) is 14.6. The SMILES string of the molecule is CC(NCC(C(C)C)N1CCCC1)c1sccc1Br. The average Bonchev–Trinajstić information content (AvgIpc) is 3.00. The first-order chi connectivity index (χ1) is 9.09. The normalized spacial score (nSPS) is 20.1. The minimum absolute atomic E-state index is 0.429. The number of rotatable bonds is 6. The van der Waals surface area contributed by atoms with Crippen LogP contribution in [0.15, 0.2) is 15.9 Å². The quantitative estimate of drug-likeness (QED) is 0.828. The van der Waals surface area contributed by atoms with Crippen LogP contribution in [0.2, 0.25) is 0 Å². The van der Waals surface area contributed by atoms with Crippen LogP contribution in [0.25, 0.3) is 0 Å². The van der Waals surface area contributed by atoms with Gasteiger partial charge in [-0.2, -0.15) is 0 Å². The summed E-state index contributed by atoms with van der Waals surface area (Å²) < 4.78 is 1.24. The Hall–Kier alpha value is 0.100. The van der Waals surface area contributed by atoms with Crippen molar-refractivity contribution >= 4 is 27.3 Å². The molecule has 0 saturated carbocycles. The van der Waals surface area contributed by atoms with Gasteiger partial charge in [0, 0.05) is 28.0 Å². The van der Waals surface area contributed by atoms with Crippen molar-refractivity contribution in [2.75, 3.05) is 19.6 Å². The molecule has 2 heterocycles. The van der Waals surface area contributed by atoms with E-state index in [9.17, 15) is 0 Å². The molecule has 2 unspecified atom stereocenters. The largest absolute Gasteiger partial charge is 0.308 e. The van der Waals surface area contributed by atoms with Crippen LogP contribution in [0.5, 0.6) is 0 Å². The molecule has 0 spiro atoms. The van der Waals surface area contributed by atoms with Crippen molar-refractivity contribution in [2.45, 2.75) is 45.7 Å². The molecule has 2 atom stereocenters. The van der Waals surface area contributed by atoms with E-state index in [0.717, 1.165) is 6.54 Å². The van der Waals surface area contributed by atoms with E-state index in [1.165, 1.54) is 35.3 Å². The van der Waals surface area contributed by atoms with Crippen molar-refractivity contribution in [3.05, 3.63) is 20.8 Å². The zero-order chi connectivity index (χ0) is 13.8. The second-order valence-corrected chi connectivity index (χ2v) is 7.62. The Bertz CT molecular complexity index is 385. The third-order valence-corrected chi connectivity index (χ3v) is 6.10. The average molecular weight is 345 g/mol. The van der Waals surface area contributed by atoms with Gasteiger partial charge < -0.3 is 5.32 Å². The maximum absolute atomic E-state index is 3.72. The van der Waals surface area contributed by atoms with Gasteiger partial charge in [0.15, 0.2) is 0 Å². The lowest BCUT2D eigenvalue weighted by molar-refractivity contribution is 0.183. The second kappa shape index (κ2) is 7.21. The summed E-state index contributed by atoms with van der Waals surface area (Å²) in [5.74, 6) is 0.713. The molecule has 1 fully saturated rings. The summed E-state index contributed by atoms with van der Waals surface area (Å²) >= 11 is 5.46. The Morgan fingerprint density at radius 1 is 1.32 bits per heavy atom. The fraction of sp³-hybridized carbons (Fsp3) is 0.733. The Kier molecular flexibility index (Phi) is 5.87. The Balaban J connectivity index is 1.90. The first-order valence-corrected chi connectivity index (χ1v) is 8.97. The highest BCUT2D eigenvalue weighted by Crippen LogP contribution is 2.29. The van der Waals surface area contributed by atoms with Crippen LogP contribution in [0.1, 0.15) is 44.5 Å². The minimum atomic E-state index is 0.429. The first-order valence-electron chi connectivity index (χ1n) is 7.30. The molecule has 2 rings (SSSR count). The van der Waals surface area contributed by atoms with Gasteiger partial charge in [-0.05, 0) is 66.1 Å². The number of hydrogen-bond donors (Lipinski definition) is 1. The first kappa shape index (κ1) is 15.5. The van der Waals surface area contributed by atoms with E-state index in [0.29, 0.717) is 18.0 Å². The summed E-state index contributed by atoms with van der Waals surface area (Å²) in [5.41, 5.74) is 0. The monoisotopic (exact) mass is 344 g/mol. The Morgan fingerprint density at radius 3 is 2.53 bits per heavy atom. The number of nitrogens with zero attached hydrogens (tertiary/aromatic N) is 1. The van der Waals surface area contributed by atoms with Crippen molar-refractivity contribution in [3.63, 3.8) is 0 Å². The third-order valence-electron chi connectivity index (χ3n) is 4.05. The lowest BCUT2D eigenvalue weighted by atomic mass is 10.0. The summed E-state index contributed by atoms with van der Waals surface area (Å²) in [4.78, 5) is 4.07. The lowest BCUT2D eigenvalue weighted by Gasteiger charge is -2.32. The lowest BCUT2D eigenvalue weighted by Crippen LogP contribution is -2.44. The highest BCUT2D eigenvalue weighted by molar-refractivity contribution is 9.10. The third kappa shape index (κ3) is 4.03. The van der Waals surface area contributed by atoms with Crippen LogP contribution < -0.4 is 5.32 Å². The molecule has 1 aliphatic heterocycles. The summed E-state index contributed by atoms with van der Waals surface area (Å²) in [6.45, 7) is 10.6. The fourth-order valence-corrected chi connectivity index (χ4v) is 4.61. The molecule has 2 nitrogen and oxygen atoms in total. The molecule has 0 amide bonds. The summed E-state index contributed by atoms with van der Waals surface area (Å²) in [6.07, 6.45) is 2.74. The molecular weight excluding hydrogens is 320 g/mol. The van der Waals surface area contributed by atoms with Gasteiger partial charge in [0.05, 0.1) is 0 Å². The fourth-order valence-electron chi connectivity index (χ4n) is 2.86. The van der Waals surface area contributed by atoms with Gasteiger partial charge in [-0.1, -0.05) is 13.8 Å². The molecule has 1 aromatic rings. The highest BCUT2D eigenvalue weighted by atomic mass is 79.9. The van der Waals surface area contributed by atoms with E-state index in [2.05, 4.69) is 58.4 Å². The molecule has 1 saturated heterocycles. The number of likely N-dealkylation sites (tertiary alicyclic amines) is 1. The van der Waals surface area contributed by atoms with Gasteiger partial charge >= 0.3 is 0 Å². The molecule has 1 N–H and O–H groups in total. The number of hydrogen-bond acceptors (Lipinski definition) is 3. The van der Waals surface area contributed by atoms with Gasteiger partial charge in [-0.3, -0.25) is 4.90 Å². The maximum Gasteiger partial charge on any atom is 0.0398 e. The topological polar surface area (TPSA) is 15.3 Å². The van der Waals surface area contributed by atoms with Gasteiger partial charge in [0.25, 0.3) is 0 Å². The van der Waals surface area contributed by atoms with Gasteiger partial charge in [-0.15, -0.1) is 11.3 Å². The molecule has 4 heteroatoms. The smallest absolute Gasteiger partial charge is 0.0398 e. The van der Waals surface area contributed by atoms with E-state index in [-0.39, 0.29) is 0 Å². The molecule has 0 bridgehead atoms. The molecule has 19 heavy (non-hydrogen) atoms. The van der Waals surface area contributed by atoms with Crippen LogP contribution in [0, 0.1) is 5.92 Å². The molecule has 0 aromatic carbocycles.